The number of benzene rings is 4. The molecule has 0 bridgehead atoms. The summed E-state index contributed by atoms with van der Waals surface area (Å²) in [6, 6.07) is 26.0. The van der Waals surface area contributed by atoms with E-state index in [0.717, 1.165) is 22.3 Å². The quantitative estimate of drug-likeness (QED) is 0.0727. The standard InChI is InChI=1S/C42H38O8/c1-25-19-27(3)35-33(21-25)41(39(45)49-35,31-13-9-7-10-14-31)23-29(5)37(43)47-17-18-48-38(44)30(6)24-42(32-15-11-8-12-16-32)34-22-26(2)20-28(4)36(34)50-40(42)46/h7-16,19-22H,5-6,17-18,23-24H2,1-4H3. The van der Waals surface area contributed by atoms with Crippen molar-refractivity contribution in [2.75, 3.05) is 13.2 Å². The molecule has 6 rings (SSSR count). The average Bonchev–Trinajstić information content (AvgIpc) is 3.54. The summed E-state index contributed by atoms with van der Waals surface area (Å²) in [6.45, 7) is 15.0. The molecular weight excluding hydrogens is 632 g/mol. The number of ether oxygens (including phenoxy) is 4. The molecule has 0 fully saturated rings. The summed E-state index contributed by atoms with van der Waals surface area (Å²) in [5.41, 5.74) is 3.73. The molecule has 2 aliphatic heterocycles. The highest BCUT2D eigenvalue weighted by molar-refractivity contribution is 5.99. The summed E-state index contributed by atoms with van der Waals surface area (Å²) in [7, 11) is 0. The third kappa shape index (κ3) is 5.81. The van der Waals surface area contributed by atoms with Crippen LogP contribution in [0.25, 0.3) is 0 Å². The fourth-order valence-corrected chi connectivity index (χ4v) is 7.18. The zero-order valence-corrected chi connectivity index (χ0v) is 28.6. The van der Waals surface area contributed by atoms with Crippen LogP contribution in [0.1, 0.15) is 57.3 Å². The number of fused-ring (bicyclic) bond motifs is 2. The first-order chi connectivity index (χ1) is 23.9. The Hall–Kier alpha value is -5.76. The van der Waals surface area contributed by atoms with Crippen LogP contribution in [0.2, 0.25) is 0 Å². The molecule has 0 aliphatic carbocycles. The number of carbonyl (C=O) groups excluding carboxylic acids is 4. The van der Waals surface area contributed by atoms with E-state index < -0.39 is 34.7 Å². The monoisotopic (exact) mass is 670 g/mol. The molecule has 0 saturated carbocycles. The van der Waals surface area contributed by atoms with Crippen molar-refractivity contribution in [2.24, 2.45) is 0 Å². The van der Waals surface area contributed by atoms with Gasteiger partial charge < -0.3 is 18.9 Å². The molecule has 0 radical (unpaired) electrons. The highest BCUT2D eigenvalue weighted by Crippen LogP contribution is 2.51. The summed E-state index contributed by atoms with van der Waals surface area (Å²) in [6.07, 6.45) is -0.140. The van der Waals surface area contributed by atoms with E-state index in [4.69, 9.17) is 18.9 Å². The fourth-order valence-electron chi connectivity index (χ4n) is 7.18. The highest BCUT2D eigenvalue weighted by Gasteiger charge is 2.53. The van der Waals surface area contributed by atoms with Crippen molar-refractivity contribution in [1.82, 2.24) is 0 Å². The summed E-state index contributed by atoms with van der Waals surface area (Å²) in [5.74, 6) is -1.51. The molecule has 0 spiro atoms. The van der Waals surface area contributed by atoms with Crippen molar-refractivity contribution in [2.45, 2.75) is 51.4 Å². The maximum atomic E-state index is 13.6. The van der Waals surface area contributed by atoms with Gasteiger partial charge in [-0.15, -0.1) is 0 Å². The first kappa shape index (κ1) is 34.1. The Bertz CT molecular complexity index is 1910. The van der Waals surface area contributed by atoms with Gasteiger partial charge in [0.2, 0.25) is 0 Å². The minimum atomic E-state index is -1.29. The Morgan fingerprint density at radius 1 is 0.600 bits per heavy atom. The van der Waals surface area contributed by atoms with E-state index in [9.17, 15) is 19.2 Å². The molecule has 0 aromatic heterocycles. The molecule has 8 heteroatoms. The van der Waals surface area contributed by atoms with Crippen LogP contribution in [0, 0.1) is 27.7 Å². The largest absolute Gasteiger partial charge is 0.459 e. The van der Waals surface area contributed by atoms with Crippen molar-refractivity contribution >= 4 is 23.9 Å². The maximum absolute atomic E-state index is 13.6. The minimum absolute atomic E-state index is 0.0577. The van der Waals surface area contributed by atoms with Gasteiger partial charge in [-0.3, -0.25) is 9.59 Å². The predicted octanol–water partition coefficient (Wildman–Crippen LogP) is 7.01. The van der Waals surface area contributed by atoms with Gasteiger partial charge in [-0.05, 0) is 49.9 Å². The van der Waals surface area contributed by atoms with Gasteiger partial charge in [0.05, 0.1) is 0 Å². The molecule has 0 N–H and O–H groups in total. The van der Waals surface area contributed by atoms with Gasteiger partial charge in [-0.1, -0.05) is 109 Å². The van der Waals surface area contributed by atoms with E-state index in [2.05, 4.69) is 13.2 Å². The van der Waals surface area contributed by atoms with Gasteiger partial charge in [0.15, 0.2) is 0 Å². The predicted molar refractivity (Wildman–Crippen MR) is 187 cm³/mol. The summed E-state index contributed by atoms with van der Waals surface area (Å²) in [5, 5.41) is 0. The second-order valence-corrected chi connectivity index (χ2v) is 13.1. The van der Waals surface area contributed by atoms with E-state index in [1.54, 1.807) is 0 Å². The van der Waals surface area contributed by atoms with Crippen molar-refractivity contribution in [1.29, 1.82) is 0 Å². The van der Waals surface area contributed by atoms with E-state index in [1.165, 1.54) is 0 Å². The number of hydrogen-bond donors (Lipinski definition) is 0. The second-order valence-electron chi connectivity index (χ2n) is 13.1. The minimum Gasteiger partial charge on any atom is -0.459 e. The van der Waals surface area contributed by atoms with Crippen LogP contribution >= 0.6 is 0 Å². The summed E-state index contributed by atoms with van der Waals surface area (Å²) < 4.78 is 22.4. The SMILES string of the molecule is C=C(CC1(c2ccccc2)C(=O)Oc2c(C)cc(C)cc21)C(=O)OCCOC(=O)C(=C)CC1(c2ccccc2)C(=O)Oc2c(C)cc(C)cc21. The van der Waals surface area contributed by atoms with Gasteiger partial charge in [-0.2, -0.15) is 0 Å². The van der Waals surface area contributed by atoms with Crippen molar-refractivity contribution in [3.63, 3.8) is 0 Å². The van der Waals surface area contributed by atoms with Gasteiger partial charge in [0.1, 0.15) is 35.5 Å². The Balaban J connectivity index is 1.13. The van der Waals surface area contributed by atoms with Crippen molar-refractivity contribution in [3.05, 3.63) is 154 Å². The lowest BCUT2D eigenvalue weighted by Gasteiger charge is -2.27. The zero-order valence-electron chi connectivity index (χ0n) is 28.6. The lowest BCUT2D eigenvalue weighted by Crippen LogP contribution is -2.37. The van der Waals surface area contributed by atoms with Crippen LogP contribution in [-0.2, 0) is 39.5 Å². The van der Waals surface area contributed by atoms with E-state index in [-0.39, 0.29) is 37.2 Å². The third-order valence-electron chi connectivity index (χ3n) is 9.46. The van der Waals surface area contributed by atoms with Crippen molar-refractivity contribution < 1.29 is 38.1 Å². The molecule has 2 unspecified atom stereocenters. The number of carbonyl (C=O) groups is 4. The molecule has 4 aromatic rings. The van der Waals surface area contributed by atoms with Crippen LogP contribution < -0.4 is 9.47 Å². The first-order valence-corrected chi connectivity index (χ1v) is 16.4. The van der Waals surface area contributed by atoms with E-state index in [0.29, 0.717) is 33.8 Å². The Kier molecular flexibility index (Phi) is 9.06. The molecule has 2 atom stereocenters. The number of hydrogen-bond acceptors (Lipinski definition) is 8. The Morgan fingerprint density at radius 3 is 1.32 bits per heavy atom. The molecular formula is C42H38O8. The molecule has 0 amide bonds. The first-order valence-electron chi connectivity index (χ1n) is 16.4. The Labute approximate surface area is 291 Å². The molecule has 0 saturated heterocycles. The van der Waals surface area contributed by atoms with Crippen LogP contribution in [0.3, 0.4) is 0 Å². The van der Waals surface area contributed by atoms with E-state index >= 15 is 0 Å². The van der Waals surface area contributed by atoms with Gasteiger partial charge in [-0.25, -0.2) is 9.59 Å². The van der Waals surface area contributed by atoms with Gasteiger partial charge in [0, 0.05) is 35.1 Å². The van der Waals surface area contributed by atoms with E-state index in [1.807, 2.05) is 113 Å². The Morgan fingerprint density at radius 2 is 0.960 bits per heavy atom. The van der Waals surface area contributed by atoms with Gasteiger partial charge >= 0.3 is 23.9 Å². The smallest absolute Gasteiger partial charge is 0.333 e. The summed E-state index contributed by atoms with van der Waals surface area (Å²) >= 11 is 0. The van der Waals surface area contributed by atoms with Crippen LogP contribution in [0.5, 0.6) is 11.5 Å². The van der Waals surface area contributed by atoms with Crippen LogP contribution in [0.15, 0.2) is 109 Å². The topological polar surface area (TPSA) is 105 Å². The summed E-state index contributed by atoms with van der Waals surface area (Å²) in [4.78, 5) is 53.6. The molecule has 50 heavy (non-hydrogen) atoms. The molecule has 4 aromatic carbocycles. The lowest BCUT2D eigenvalue weighted by molar-refractivity contribution is -0.148. The number of aryl methyl sites for hydroxylation is 4. The second kappa shape index (κ2) is 13.3. The normalized spacial score (nSPS) is 18.8. The highest BCUT2D eigenvalue weighted by atomic mass is 16.6. The molecule has 8 nitrogen and oxygen atoms in total. The molecule has 2 aliphatic rings. The van der Waals surface area contributed by atoms with Gasteiger partial charge in [0.25, 0.3) is 0 Å². The third-order valence-corrected chi connectivity index (χ3v) is 9.46. The lowest BCUT2D eigenvalue weighted by atomic mass is 9.71. The zero-order chi connectivity index (χ0) is 35.8. The average molecular weight is 671 g/mol. The molecule has 254 valence electrons. The van der Waals surface area contributed by atoms with Crippen LogP contribution in [-0.4, -0.2) is 37.1 Å². The van der Waals surface area contributed by atoms with Crippen molar-refractivity contribution in [3.8, 4) is 11.5 Å². The number of esters is 4. The fraction of sp³-hybridized carbons (Fsp3) is 0.238. The van der Waals surface area contributed by atoms with Crippen LogP contribution in [0.4, 0.5) is 0 Å². The maximum Gasteiger partial charge on any atom is 0.333 e. The number of rotatable bonds is 11. The molecule has 2 heterocycles.